The summed E-state index contributed by atoms with van der Waals surface area (Å²) in [6.45, 7) is 0. The zero-order valence-corrected chi connectivity index (χ0v) is 19.8. The first-order chi connectivity index (χ1) is 17.2. The number of hydrogen-bond acceptors (Lipinski definition) is 5. The number of nitrogens with zero attached hydrogens (tertiary/aromatic N) is 3. The standard InChI is InChI=1S/C30H27N3O2/c1-34-27-16-10-24(11-17-27)30-20-29(23-6-4-3-5-7-23)32-33(30)26-14-8-22(9-15-26)21-31-25-12-18-28(35-2)19-13-25/h3-19,21,30H,20H2,1-2H3. The van der Waals surface area contributed by atoms with Crippen molar-refractivity contribution < 1.29 is 9.47 Å². The van der Waals surface area contributed by atoms with E-state index in [0.717, 1.165) is 46.1 Å². The quantitative estimate of drug-likeness (QED) is 0.284. The van der Waals surface area contributed by atoms with Crippen molar-refractivity contribution in [3.8, 4) is 11.5 Å². The van der Waals surface area contributed by atoms with Crippen LogP contribution in [0.4, 0.5) is 11.4 Å². The van der Waals surface area contributed by atoms with Gasteiger partial charge in [-0.25, -0.2) is 0 Å². The van der Waals surface area contributed by atoms with Gasteiger partial charge in [0.2, 0.25) is 0 Å². The first-order valence-electron chi connectivity index (χ1n) is 11.6. The highest BCUT2D eigenvalue weighted by molar-refractivity contribution is 6.03. The van der Waals surface area contributed by atoms with Crippen LogP contribution >= 0.6 is 0 Å². The van der Waals surface area contributed by atoms with Crippen molar-refractivity contribution in [2.75, 3.05) is 19.2 Å². The second-order valence-electron chi connectivity index (χ2n) is 8.30. The molecule has 0 amide bonds. The minimum Gasteiger partial charge on any atom is -0.497 e. The average Bonchev–Trinajstić information content (AvgIpc) is 3.38. The van der Waals surface area contributed by atoms with Gasteiger partial charge in [0.15, 0.2) is 0 Å². The zero-order valence-electron chi connectivity index (χ0n) is 19.8. The molecule has 0 N–H and O–H groups in total. The van der Waals surface area contributed by atoms with Crippen molar-refractivity contribution in [3.63, 3.8) is 0 Å². The Morgan fingerprint density at radius 1 is 0.771 bits per heavy atom. The minimum atomic E-state index is 0.106. The van der Waals surface area contributed by atoms with Crippen LogP contribution in [0.2, 0.25) is 0 Å². The smallest absolute Gasteiger partial charge is 0.119 e. The molecule has 0 spiro atoms. The predicted octanol–water partition coefficient (Wildman–Crippen LogP) is 6.81. The predicted molar refractivity (Wildman–Crippen MR) is 142 cm³/mol. The van der Waals surface area contributed by atoms with Gasteiger partial charge in [0.1, 0.15) is 11.5 Å². The van der Waals surface area contributed by atoms with Crippen LogP contribution in [0.1, 0.15) is 29.2 Å². The molecule has 0 aromatic heterocycles. The summed E-state index contributed by atoms with van der Waals surface area (Å²) in [5.41, 5.74) is 6.38. The van der Waals surface area contributed by atoms with Crippen LogP contribution in [0.15, 0.2) is 113 Å². The van der Waals surface area contributed by atoms with E-state index in [1.807, 2.05) is 48.7 Å². The maximum atomic E-state index is 5.35. The van der Waals surface area contributed by atoms with E-state index < -0.39 is 0 Å². The number of aliphatic imine (C=N–C) groups is 1. The molecule has 0 saturated carbocycles. The first-order valence-corrected chi connectivity index (χ1v) is 11.6. The van der Waals surface area contributed by atoms with Gasteiger partial charge in [-0.3, -0.25) is 10.0 Å². The third-order valence-electron chi connectivity index (χ3n) is 6.11. The van der Waals surface area contributed by atoms with Gasteiger partial charge in [-0.1, -0.05) is 54.6 Å². The molecule has 4 aromatic carbocycles. The molecule has 5 rings (SSSR count). The molecule has 35 heavy (non-hydrogen) atoms. The van der Waals surface area contributed by atoms with Gasteiger partial charge in [-0.15, -0.1) is 0 Å². The molecule has 0 saturated heterocycles. The van der Waals surface area contributed by atoms with Crippen molar-refractivity contribution in [3.05, 3.63) is 120 Å². The number of anilines is 1. The number of hydrazone groups is 1. The third-order valence-corrected chi connectivity index (χ3v) is 6.11. The first kappa shape index (κ1) is 22.4. The fraction of sp³-hybridized carbons (Fsp3) is 0.133. The molecule has 1 aliphatic rings. The van der Waals surface area contributed by atoms with Gasteiger partial charge in [-0.2, -0.15) is 5.10 Å². The number of ether oxygens (including phenoxy) is 2. The van der Waals surface area contributed by atoms with Crippen LogP contribution in [0.3, 0.4) is 0 Å². The van der Waals surface area contributed by atoms with Crippen LogP contribution in [-0.4, -0.2) is 26.1 Å². The van der Waals surface area contributed by atoms with Crippen molar-refractivity contribution in [2.45, 2.75) is 12.5 Å². The van der Waals surface area contributed by atoms with Gasteiger partial charge in [0, 0.05) is 12.6 Å². The third kappa shape index (κ3) is 5.09. The van der Waals surface area contributed by atoms with Crippen LogP contribution in [-0.2, 0) is 0 Å². The fourth-order valence-corrected chi connectivity index (χ4v) is 4.17. The highest BCUT2D eigenvalue weighted by Gasteiger charge is 2.29. The van der Waals surface area contributed by atoms with Gasteiger partial charge < -0.3 is 9.47 Å². The van der Waals surface area contributed by atoms with Crippen molar-refractivity contribution in [2.24, 2.45) is 10.1 Å². The molecular weight excluding hydrogens is 434 g/mol. The summed E-state index contributed by atoms with van der Waals surface area (Å²) in [5, 5.41) is 7.16. The number of benzene rings is 4. The van der Waals surface area contributed by atoms with E-state index in [-0.39, 0.29) is 6.04 Å². The lowest BCUT2D eigenvalue weighted by atomic mass is 9.98. The van der Waals surface area contributed by atoms with Crippen LogP contribution in [0, 0.1) is 0 Å². The Morgan fingerprint density at radius 2 is 1.40 bits per heavy atom. The molecular formula is C30H27N3O2. The maximum absolute atomic E-state index is 5.35. The zero-order chi connectivity index (χ0) is 24.0. The van der Waals surface area contributed by atoms with Crippen LogP contribution in [0.25, 0.3) is 0 Å². The van der Waals surface area contributed by atoms with E-state index in [2.05, 4.69) is 70.7 Å². The number of methoxy groups -OCH3 is 2. The average molecular weight is 462 g/mol. The Labute approximate surface area is 206 Å². The van der Waals surface area contributed by atoms with Crippen molar-refractivity contribution in [1.82, 2.24) is 0 Å². The van der Waals surface area contributed by atoms with Crippen molar-refractivity contribution in [1.29, 1.82) is 0 Å². The number of hydrogen-bond donors (Lipinski definition) is 0. The van der Waals surface area contributed by atoms with E-state index in [1.165, 1.54) is 5.56 Å². The van der Waals surface area contributed by atoms with E-state index >= 15 is 0 Å². The Bertz CT molecular complexity index is 1310. The fourth-order valence-electron chi connectivity index (χ4n) is 4.17. The molecule has 4 aromatic rings. The molecule has 1 unspecified atom stereocenters. The maximum Gasteiger partial charge on any atom is 0.119 e. The summed E-state index contributed by atoms with van der Waals surface area (Å²) >= 11 is 0. The van der Waals surface area contributed by atoms with Crippen LogP contribution in [0.5, 0.6) is 11.5 Å². The Kier molecular flexibility index (Phi) is 6.57. The molecule has 1 heterocycles. The van der Waals surface area contributed by atoms with Gasteiger partial charge in [0.25, 0.3) is 0 Å². The highest BCUT2D eigenvalue weighted by Crippen LogP contribution is 2.37. The summed E-state index contributed by atoms with van der Waals surface area (Å²) < 4.78 is 10.6. The molecule has 5 heteroatoms. The molecule has 0 aliphatic carbocycles. The van der Waals surface area contributed by atoms with E-state index in [0.29, 0.717) is 0 Å². The monoisotopic (exact) mass is 461 g/mol. The Hall–Kier alpha value is -4.38. The summed E-state index contributed by atoms with van der Waals surface area (Å²) in [6, 6.07) is 34.8. The lowest BCUT2D eigenvalue weighted by molar-refractivity contribution is 0.414. The highest BCUT2D eigenvalue weighted by atomic mass is 16.5. The molecule has 0 bridgehead atoms. The second-order valence-corrected chi connectivity index (χ2v) is 8.30. The van der Waals surface area contributed by atoms with Crippen LogP contribution < -0.4 is 14.5 Å². The minimum absolute atomic E-state index is 0.106. The molecule has 5 nitrogen and oxygen atoms in total. The molecule has 0 fully saturated rings. The van der Waals surface area contributed by atoms with E-state index in [4.69, 9.17) is 14.6 Å². The second kappa shape index (κ2) is 10.3. The van der Waals surface area contributed by atoms with E-state index in [9.17, 15) is 0 Å². The number of rotatable bonds is 7. The summed E-state index contributed by atoms with van der Waals surface area (Å²) in [5.74, 6) is 1.67. The molecule has 1 atom stereocenters. The van der Waals surface area contributed by atoms with Gasteiger partial charge >= 0.3 is 0 Å². The topological polar surface area (TPSA) is 46.4 Å². The summed E-state index contributed by atoms with van der Waals surface area (Å²) in [4.78, 5) is 4.58. The molecule has 1 aliphatic heterocycles. The lowest BCUT2D eigenvalue weighted by Crippen LogP contribution is -2.18. The normalized spacial score (nSPS) is 15.3. The van der Waals surface area contributed by atoms with Gasteiger partial charge in [-0.05, 0) is 65.2 Å². The van der Waals surface area contributed by atoms with Gasteiger partial charge in [0.05, 0.1) is 37.3 Å². The Morgan fingerprint density at radius 3 is 2.03 bits per heavy atom. The molecule has 174 valence electrons. The largest absolute Gasteiger partial charge is 0.497 e. The summed E-state index contributed by atoms with van der Waals surface area (Å²) in [6.07, 6.45) is 2.70. The SMILES string of the molecule is COc1ccc(N=Cc2ccc(N3N=C(c4ccccc4)CC3c3ccc(OC)cc3)cc2)cc1. The molecule has 0 radical (unpaired) electrons. The van der Waals surface area contributed by atoms with Crippen molar-refractivity contribution >= 4 is 23.3 Å². The lowest BCUT2D eigenvalue weighted by Gasteiger charge is -2.24. The Balaban J connectivity index is 1.41. The summed E-state index contributed by atoms with van der Waals surface area (Å²) in [7, 11) is 3.35. The van der Waals surface area contributed by atoms with E-state index in [1.54, 1.807) is 14.2 Å².